The summed E-state index contributed by atoms with van der Waals surface area (Å²) in [5.41, 5.74) is 4.11. The predicted octanol–water partition coefficient (Wildman–Crippen LogP) is 6.71. The molecule has 0 atom stereocenters. The third-order valence-electron chi connectivity index (χ3n) is 4.44. The fraction of sp³-hybridized carbons (Fsp3) is 0.417. The summed E-state index contributed by atoms with van der Waals surface area (Å²) in [6.07, 6.45) is 8.93. The van der Waals surface area contributed by atoms with E-state index in [1.807, 2.05) is 6.07 Å². The first-order valence-electron chi connectivity index (χ1n) is 9.52. The van der Waals surface area contributed by atoms with Crippen LogP contribution in [0.1, 0.15) is 57.2 Å². The molecule has 0 spiro atoms. The summed E-state index contributed by atoms with van der Waals surface area (Å²) in [5, 5.41) is 0. The van der Waals surface area contributed by atoms with E-state index in [1.165, 1.54) is 16.7 Å². The minimum atomic E-state index is 0.118. The maximum absolute atomic E-state index is 5.80. The van der Waals surface area contributed by atoms with E-state index in [0.29, 0.717) is 0 Å². The molecular weight excluding hydrogens is 304 g/mol. The van der Waals surface area contributed by atoms with Crippen molar-refractivity contribution in [1.82, 2.24) is 0 Å². The van der Waals surface area contributed by atoms with Crippen LogP contribution in [0.25, 0.3) is 6.08 Å². The first-order valence-corrected chi connectivity index (χ1v) is 9.52. The van der Waals surface area contributed by atoms with Crippen molar-refractivity contribution >= 4 is 6.08 Å². The van der Waals surface area contributed by atoms with Gasteiger partial charge in [-0.15, -0.1) is 0 Å². The van der Waals surface area contributed by atoms with Crippen LogP contribution in [0.2, 0.25) is 0 Å². The highest BCUT2D eigenvalue weighted by Gasteiger charge is 2.14. The fourth-order valence-electron chi connectivity index (χ4n) is 2.84. The van der Waals surface area contributed by atoms with Gasteiger partial charge < -0.3 is 4.74 Å². The molecule has 2 aromatic carbocycles. The molecule has 2 rings (SSSR count). The van der Waals surface area contributed by atoms with E-state index in [2.05, 4.69) is 82.3 Å². The highest BCUT2D eigenvalue weighted by molar-refractivity contribution is 5.52. The Morgan fingerprint density at radius 3 is 2.36 bits per heavy atom. The van der Waals surface area contributed by atoms with Crippen molar-refractivity contribution in [3.63, 3.8) is 0 Å². The minimum absolute atomic E-state index is 0.118. The summed E-state index contributed by atoms with van der Waals surface area (Å²) in [5.74, 6) is 0.962. The Morgan fingerprint density at radius 2 is 1.68 bits per heavy atom. The molecule has 0 bridgehead atoms. The lowest BCUT2D eigenvalue weighted by Gasteiger charge is -2.20. The standard InChI is InChI=1S/C24H32O/c1-5-7-17-25-23-10-8-9-21(18-23)15-16-24(3,4)19-22-13-11-20(6-2)12-14-22/h8-16,18H,5-7,17,19H2,1-4H3. The van der Waals surface area contributed by atoms with Crippen LogP contribution in [-0.2, 0) is 12.8 Å². The number of allylic oxidation sites excluding steroid dienone is 1. The van der Waals surface area contributed by atoms with Crippen molar-refractivity contribution in [2.75, 3.05) is 6.61 Å². The molecule has 0 radical (unpaired) electrons. The normalized spacial score (nSPS) is 11.8. The van der Waals surface area contributed by atoms with E-state index < -0.39 is 0 Å². The number of unbranched alkanes of at least 4 members (excludes halogenated alkanes) is 1. The van der Waals surface area contributed by atoms with Crippen LogP contribution in [0, 0.1) is 5.41 Å². The highest BCUT2D eigenvalue weighted by atomic mass is 16.5. The lowest BCUT2D eigenvalue weighted by Crippen LogP contribution is -2.11. The Labute approximate surface area is 153 Å². The number of ether oxygens (including phenoxy) is 1. The van der Waals surface area contributed by atoms with Gasteiger partial charge in [0.05, 0.1) is 6.61 Å². The molecule has 0 fully saturated rings. The van der Waals surface area contributed by atoms with Gasteiger partial charge in [0.15, 0.2) is 0 Å². The average Bonchev–Trinajstić information content (AvgIpc) is 2.61. The van der Waals surface area contributed by atoms with Gasteiger partial charge in [0.25, 0.3) is 0 Å². The van der Waals surface area contributed by atoms with Crippen LogP contribution in [0.4, 0.5) is 0 Å². The van der Waals surface area contributed by atoms with E-state index in [0.717, 1.165) is 38.0 Å². The first-order chi connectivity index (χ1) is 12.0. The van der Waals surface area contributed by atoms with Gasteiger partial charge in [-0.05, 0) is 53.5 Å². The summed E-state index contributed by atoms with van der Waals surface area (Å²) in [6, 6.07) is 17.4. The molecule has 25 heavy (non-hydrogen) atoms. The smallest absolute Gasteiger partial charge is 0.119 e. The number of benzene rings is 2. The molecule has 0 heterocycles. The number of hydrogen-bond acceptors (Lipinski definition) is 1. The second-order valence-corrected chi connectivity index (χ2v) is 7.44. The van der Waals surface area contributed by atoms with Crippen molar-refractivity contribution in [3.8, 4) is 5.75 Å². The van der Waals surface area contributed by atoms with E-state index in [4.69, 9.17) is 4.74 Å². The Morgan fingerprint density at radius 1 is 0.960 bits per heavy atom. The molecule has 2 aromatic rings. The van der Waals surface area contributed by atoms with Crippen LogP contribution < -0.4 is 4.74 Å². The zero-order chi connectivity index (χ0) is 18.1. The molecule has 0 aliphatic carbocycles. The average molecular weight is 337 g/mol. The zero-order valence-corrected chi connectivity index (χ0v) is 16.2. The topological polar surface area (TPSA) is 9.23 Å². The van der Waals surface area contributed by atoms with Crippen LogP contribution in [-0.4, -0.2) is 6.61 Å². The van der Waals surface area contributed by atoms with E-state index in [9.17, 15) is 0 Å². The van der Waals surface area contributed by atoms with Gasteiger partial charge in [-0.1, -0.05) is 82.7 Å². The molecule has 1 heteroatoms. The van der Waals surface area contributed by atoms with E-state index >= 15 is 0 Å². The summed E-state index contributed by atoms with van der Waals surface area (Å²) < 4.78 is 5.80. The molecule has 0 aliphatic heterocycles. The van der Waals surface area contributed by atoms with Gasteiger partial charge in [-0.3, -0.25) is 0 Å². The van der Waals surface area contributed by atoms with Crippen molar-refractivity contribution in [1.29, 1.82) is 0 Å². The Kier molecular flexibility index (Phi) is 7.31. The van der Waals surface area contributed by atoms with Gasteiger partial charge in [0.2, 0.25) is 0 Å². The fourth-order valence-corrected chi connectivity index (χ4v) is 2.84. The molecule has 1 nitrogen and oxygen atoms in total. The third kappa shape index (κ3) is 6.78. The Hall–Kier alpha value is -2.02. The zero-order valence-electron chi connectivity index (χ0n) is 16.2. The van der Waals surface area contributed by atoms with Gasteiger partial charge in [-0.25, -0.2) is 0 Å². The molecule has 0 N–H and O–H groups in total. The number of rotatable bonds is 9. The second kappa shape index (κ2) is 9.46. The predicted molar refractivity (Wildman–Crippen MR) is 109 cm³/mol. The summed E-state index contributed by atoms with van der Waals surface area (Å²) in [4.78, 5) is 0. The van der Waals surface area contributed by atoms with Crippen LogP contribution in [0.15, 0.2) is 54.6 Å². The SMILES string of the molecule is CCCCOc1cccc(C=CC(C)(C)Cc2ccc(CC)cc2)c1. The van der Waals surface area contributed by atoms with Gasteiger partial charge in [-0.2, -0.15) is 0 Å². The Bertz CT molecular complexity index is 665. The van der Waals surface area contributed by atoms with Crippen LogP contribution >= 0.6 is 0 Å². The lowest BCUT2D eigenvalue weighted by atomic mass is 9.84. The van der Waals surface area contributed by atoms with Gasteiger partial charge >= 0.3 is 0 Å². The van der Waals surface area contributed by atoms with Gasteiger partial charge in [0.1, 0.15) is 5.75 Å². The summed E-state index contributed by atoms with van der Waals surface area (Å²) >= 11 is 0. The summed E-state index contributed by atoms with van der Waals surface area (Å²) in [7, 11) is 0. The monoisotopic (exact) mass is 336 g/mol. The van der Waals surface area contributed by atoms with Crippen molar-refractivity contribution < 1.29 is 4.74 Å². The lowest BCUT2D eigenvalue weighted by molar-refractivity contribution is 0.309. The van der Waals surface area contributed by atoms with Crippen molar-refractivity contribution in [2.24, 2.45) is 5.41 Å². The number of aryl methyl sites for hydroxylation is 1. The maximum Gasteiger partial charge on any atom is 0.119 e. The summed E-state index contributed by atoms with van der Waals surface area (Å²) in [6.45, 7) is 9.75. The third-order valence-corrected chi connectivity index (χ3v) is 4.44. The minimum Gasteiger partial charge on any atom is -0.494 e. The highest BCUT2D eigenvalue weighted by Crippen LogP contribution is 2.26. The molecule has 0 unspecified atom stereocenters. The molecule has 134 valence electrons. The number of hydrogen-bond donors (Lipinski definition) is 0. The van der Waals surface area contributed by atoms with E-state index in [1.54, 1.807) is 0 Å². The Balaban J connectivity index is 1.99. The maximum atomic E-state index is 5.80. The van der Waals surface area contributed by atoms with E-state index in [-0.39, 0.29) is 5.41 Å². The molecular formula is C24H32O. The molecule has 0 aromatic heterocycles. The molecule has 0 saturated heterocycles. The molecule has 0 amide bonds. The largest absolute Gasteiger partial charge is 0.494 e. The second-order valence-electron chi connectivity index (χ2n) is 7.44. The van der Waals surface area contributed by atoms with Crippen molar-refractivity contribution in [2.45, 2.75) is 53.4 Å². The van der Waals surface area contributed by atoms with Crippen LogP contribution in [0.3, 0.4) is 0 Å². The molecule has 0 saturated carbocycles. The first kappa shape index (κ1) is 19.3. The van der Waals surface area contributed by atoms with Crippen molar-refractivity contribution in [3.05, 3.63) is 71.3 Å². The van der Waals surface area contributed by atoms with Crippen LogP contribution in [0.5, 0.6) is 5.75 Å². The quantitative estimate of drug-likeness (QED) is 0.462. The van der Waals surface area contributed by atoms with Gasteiger partial charge in [0, 0.05) is 0 Å². The molecule has 0 aliphatic rings.